The van der Waals surface area contributed by atoms with E-state index in [1.165, 1.54) is 4.68 Å². The fourth-order valence-electron chi connectivity index (χ4n) is 7.04. The zero-order valence-electron chi connectivity index (χ0n) is 23.4. The van der Waals surface area contributed by atoms with Crippen molar-refractivity contribution in [3.8, 4) is 5.82 Å². The van der Waals surface area contributed by atoms with Crippen molar-refractivity contribution >= 4 is 34.3 Å². The van der Waals surface area contributed by atoms with E-state index >= 15 is 0 Å². The number of alkyl halides is 3. The molecule has 222 valence electrons. The van der Waals surface area contributed by atoms with Crippen molar-refractivity contribution in [2.24, 2.45) is 0 Å². The van der Waals surface area contributed by atoms with Crippen molar-refractivity contribution in [1.29, 1.82) is 0 Å². The Balaban J connectivity index is 1.41. The number of fused-ring (bicyclic) bond motifs is 3. The van der Waals surface area contributed by atoms with Crippen LogP contribution in [-0.4, -0.2) is 80.5 Å². The van der Waals surface area contributed by atoms with E-state index < -0.39 is 11.9 Å². The highest BCUT2D eigenvalue weighted by Crippen LogP contribution is 2.44. The average Bonchev–Trinajstić information content (AvgIpc) is 3.67. The maximum absolute atomic E-state index is 14.7. The first-order valence-corrected chi connectivity index (χ1v) is 15.9. The first kappa shape index (κ1) is 27.3. The lowest BCUT2D eigenvalue weighted by Crippen LogP contribution is -2.46. The number of hydrogen-bond acceptors (Lipinski definition) is 8. The Labute approximate surface area is 241 Å². The van der Waals surface area contributed by atoms with Crippen LogP contribution < -0.4 is 9.80 Å². The van der Waals surface area contributed by atoms with Gasteiger partial charge < -0.3 is 19.3 Å². The third kappa shape index (κ3) is 4.87. The lowest BCUT2D eigenvalue weighted by atomic mass is 10.0. The standard InChI is InChI=1S/C28H36F3N7O2S/c1-17-13-20(41-2)8-10-35(17)21-14-23(37-18-6-7-19(37)16-39-15-18)32-27-25(21)26(28(29,30)31)34-38(27)22-9-11-36(33-22)24-5-3-4-12-40-24/h9,11,14,17-20,24H,3-8,10,12-13,15-16H2,1-2H3/t17-,18?,19?,20?,24?/m1/s1. The van der Waals surface area contributed by atoms with Gasteiger partial charge in [0.15, 0.2) is 17.2 Å². The quantitative estimate of drug-likeness (QED) is 0.390. The predicted octanol–water partition coefficient (Wildman–Crippen LogP) is 5.42. The molecule has 0 N–H and O–H groups in total. The van der Waals surface area contributed by atoms with E-state index in [0.717, 1.165) is 44.9 Å². The molecule has 3 aromatic rings. The second-order valence-electron chi connectivity index (χ2n) is 11.7. The minimum Gasteiger partial charge on any atom is -0.377 e. The van der Waals surface area contributed by atoms with Crippen LogP contribution >= 0.6 is 11.8 Å². The van der Waals surface area contributed by atoms with Gasteiger partial charge in [0.05, 0.1) is 36.4 Å². The average molecular weight is 592 g/mol. The minimum absolute atomic E-state index is 0.0415. The number of piperidine rings is 1. The fourth-order valence-corrected chi connectivity index (χ4v) is 7.85. The van der Waals surface area contributed by atoms with E-state index in [2.05, 4.69) is 33.2 Å². The van der Waals surface area contributed by atoms with E-state index in [1.807, 2.05) is 17.8 Å². The monoisotopic (exact) mass is 591 g/mol. The number of morpholine rings is 1. The smallest absolute Gasteiger partial charge is 0.377 e. The molecular formula is C28H36F3N7O2S. The van der Waals surface area contributed by atoms with Gasteiger partial charge in [-0.25, -0.2) is 9.67 Å². The number of rotatable bonds is 5. The third-order valence-corrected chi connectivity index (χ3v) is 10.2. The van der Waals surface area contributed by atoms with Crippen LogP contribution in [0.25, 0.3) is 16.9 Å². The molecule has 13 heteroatoms. The zero-order valence-corrected chi connectivity index (χ0v) is 24.2. The Morgan fingerprint density at radius 3 is 2.51 bits per heavy atom. The minimum atomic E-state index is -4.66. The maximum Gasteiger partial charge on any atom is 0.435 e. The molecule has 41 heavy (non-hydrogen) atoms. The lowest BCUT2D eigenvalue weighted by Gasteiger charge is -2.40. The van der Waals surface area contributed by atoms with Crippen LogP contribution in [0.4, 0.5) is 24.7 Å². The molecule has 9 nitrogen and oxygen atoms in total. The van der Waals surface area contributed by atoms with Gasteiger partial charge in [0.1, 0.15) is 12.0 Å². The third-order valence-electron chi connectivity index (χ3n) is 9.11. The van der Waals surface area contributed by atoms with Crippen LogP contribution in [0.15, 0.2) is 18.3 Å². The number of anilines is 2. The molecule has 0 saturated carbocycles. The van der Waals surface area contributed by atoms with Gasteiger partial charge >= 0.3 is 6.18 Å². The Hall–Kier alpha value is -2.51. The Morgan fingerprint density at radius 1 is 1.02 bits per heavy atom. The van der Waals surface area contributed by atoms with Gasteiger partial charge in [0.2, 0.25) is 0 Å². The van der Waals surface area contributed by atoms with Gasteiger partial charge in [0, 0.05) is 42.8 Å². The summed E-state index contributed by atoms with van der Waals surface area (Å²) in [5.41, 5.74) is -0.185. The summed E-state index contributed by atoms with van der Waals surface area (Å²) in [6.07, 6.45) is 5.57. The van der Waals surface area contributed by atoms with Crippen molar-refractivity contribution in [1.82, 2.24) is 24.5 Å². The lowest BCUT2D eigenvalue weighted by molar-refractivity contribution is -0.140. The molecule has 4 saturated heterocycles. The van der Waals surface area contributed by atoms with Gasteiger partial charge in [-0.2, -0.15) is 39.8 Å². The first-order valence-electron chi connectivity index (χ1n) is 14.7. The molecule has 7 rings (SSSR count). The summed E-state index contributed by atoms with van der Waals surface area (Å²) in [7, 11) is 0. The van der Waals surface area contributed by atoms with Crippen LogP contribution in [-0.2, 0) is 15.7 Å². The fraction of sp³-hybridized carbons (Fsp3) is 0.679. The highest BCUT2D eigenvalue weighted by Gasteiger charge is 2.43. The van der Waals surface area contributed by atoms with Crippen LogP contribution in [0.2, 0.25) is 0 Å². The SMILES string of the molecule is CSC1CCN(c2cc(N3C4CCC3COC4)nc3c2c(C(F)(F)F)nn3-c2ccn(C3CCCCO3)n2)[C@H](C)C1. The van der Waals surface area contributed by atoms with Crippen molar-refractivity contribution < 1.29 is 22.6 Å². The van der Waals surface area contributed by atoms with Gasteiger partial charge in [0.25, 0.3) is 0 Å². The summed E-state index contributed by atoms with van der Waals surface area (Å²) < 4.78 is 58.7. The van der Waals surface area contributed by atoms with E-state index in [9.17, 15) is 13.2 Å². The number of halogens is 3. The highest BCUT2D eigenvalue weighted by molar-refractivity contribution is 7.99. The molecule has 0 aromatic carbocycles. The van der Waals surface area contributed by atoms with Crippen molar-refractivity contribution in [2.75, 3.05) is 42.4 Å². The predicted molar refractivity (Wildman–Crippen MR) is 152 cm³/mol. The number of nitrogens with zero attached hydrogens (tertiary/aromatic N) is 7. The molecule has 4 aliphatic rings. The molecule has 0 spiro atoms. The molecule has 2 bridgehead atoms. The Morgan fingerprint density at radius 2 is 1.83 bits per heavy atom. The van der Waals surface area contributed by atoms with Crippen LogP contribution in [0.5, 0.6) is 0 Å². The van der Waals surface area contributed by atoms with Crippen LogP contribution in [0.1, 0.15) is 63.8 Å². The molecule has 0 aliphatic carbocycles. The number of aromatic nitrogens is 5. The first-order chi connectivity index (χ1) is 19.8. The Kier molecular flexibility index (Phi) is 7.09. The summed E-state index contributed by atoms with van der Waals surface area (Å²) in [6, 6.07) is 3.97. The van der Waals surface area contributed by atoms with Crippen molar-refractivity contribution in [3.63, 3.8) is 0 Å². The molecule has 4 unspecified atom stereocenters. The number of ether oxygens (including phenoxy) is 2. The number of hydrogen-bond donors (Lipinski definition) is 0. The van der Waals surface area contributed by atoms with Gasteiger partial charge in [-0.15, -0.1) is 0 Å². The van der Waals surface area contributed by atoms with Gasteiger partial charge in [-0.3, -0.25) is 0 Å². The van der Waals surface area contributed by atoms with Crippen molar-refractivity contribution in [3.05, 3.63) is 24.0 Å². The van der Waals surface area contributed by atoms with E-state index in [1.54, 1.807) is 16.9 Å². The van der Waals surface area contributed by atoms with E-state index in [0.29, 0.717) is 48.9 Å². The maximum atomic E-state index is 14.7. The molecular weight excluding hydrogens is 555 g/mol. The topological polar surface area (TPSA) is 73.5 Å². The van der Waals surface area contributed by atoms with E-state index in [4.69, 9.17) is 14.5 Å². The molecule has 0 radical (unpaired) electrons. The molecule has 7 heterocycles. The summed E-state index contributed by atoms with van der Waals surface area (Å²) in [6.45, 7) is 4.62. The van der Waals surface area contributed by atoms with E-state index in [-0.39, 0.29) is 35.4 Å². The second-order valence-corrected chi connectivity index (χ2v) is 12.8. The summed E-state index contributed by atoms with van der Waals surface area (Å²) in [5.74, 6) is 0.988. The molecule has 4 aliphatic heterocycles. The number of thioether (sulfide) groups is 1. The summed E-state index contributed by atoms with van der Waals surface area (Å²) in [4.78, 5) is 9.35. The van der Waals surface area contributed by atoms with Gasteiger partial charge in [-0.05, 0) is 58.1 Å². The molecule has 3 aromatic heterocycles. The number of pyridine rings is 1. The van der Waals surface area contributed by atoms with Crippen LogP contribution in [0, 0.1) is 0 Å². The van der Waals surface area contributed by atoms with Crippen LogP contribution in [0.3, 0.4) is 0 Å². The normalized spacial score (nSPS) is 29.0. The van der Waals surface area contributed by atoms with Gasteiger partial charge in [-0.1, -0.05) is 0 Å². The summed E-state index contributed by atoms with van der Waals surface area (Å²) in [5, 5.41) is 9.36. The summed E-state index contributed by atoms with van der Waals surface area (Å²) >= 11 is 1.83. The molecule has 4 fully saturated rings. The Bertz CT molecular complexity index is 1390. The highest BCUT2D eigenvalue weighted by atomic mass is 32.2. The molecule has 0 amide bonds. The second kappa shape index (κ2) is 10.6. The largest absolute Gasteiger partial charge is 0.435 e. The zero-order chi connectivity index (χ0) is 28.3. The van der Waals surface area contributed by atoms with Crippen molar-refractivity contribution in [2.45, 2.75) is 87.6 Å². The molecule has 5 atom stereocenters.